The summed E-state index contributed by atoms with van der Waals surface area (Å²) in [4.78, 5) is 25.1. The molecule has 0 spiro atoms. The van der Waals surface area contributed by atoms with Crippen LogP contribution in [0, 0.1) is 5.82 Å². The van der Waals surface area contributed by atoms with Gasteiger partial charge in [-0.05, 0) is 30.5 Å². The Labute approximate surface area is 153 Å². The second-order valence-electron chi connectivity index (χ2n) is 6.14. The summed E-state index contributed by atoms with van der Waals surface area (Å²) in [6.45, 7) is 0. The quantitative estimate of drug-likeness (QED) is 0.803. The molecule has 2 amide bonds. The summed E-state index contributed by atoms with van der Waals surface area (Å²) in [6, 6.07) is 12.9. The van der Waals surface area contributed by atoms with E-state index in [0.29, 0.717) is 28.4 Å². The number of carbonyl (C=O) groups excluding carboxylic acids is 2. The Kier molecular flexibility index (Phi) is 4.90. The maximum Gasteiger partial charge on any atom is 0.246 e. The molecule has 2 aromatic carbocycles. The average Bonchev–Trinajstić information content (AvgIpc) is 3.41. The average molecular weight is 405 g/mol. The Morgan fingerprint density at radius 2 is 1.84 bits per heavy atom. The van der Waals surface area contributed by atoms with Crippen LogP contribution in [0.3, 0.4) is 0 Å². The number of rotatable bonds is 5. The van der Waals surface area contributed by atoms with E-state index in [4.69, 9.17) is 0 Å². The number of benzene rings is 2. The topological polar surface area (TPSA) is 58.2 Å². The number of carbonyl (C=O) groups is 2. The lowest BCUT2D eigenvalue weighted by Gasteiger charge is -2.22. The lowest BCUT2D eigenvalue weighted by atomic mass is 9.93. The van der Waals surface area contributed by atoms with Crippen molar-refractivity contribution in [3.8, 4) is 0 Å². The molecular formula is C19H18BrFN2O2. The standard InChI is InChI=1S/C19H18BrFN2O2/c1-22-17(24)16(12-5-3-2-4-6-12)23-18(25)19(9-10-19)14-8-7-13(20)11-15(14)21/h2-8,11,16H,9-10H2,1H3,(H,22,24)(H,23,25). The maximum absolute atomic E-state index is 14.3. The molecule has 1 aliphatic rings. The molecule has 0 saturated heterocycles. The van der Waals surface area contributed by atoms with Gasteiger partial charge in [-0.1, -0.05) is 52.3 Å². The Hall–Kier alpha value is -2.21. The first-order valence-electron chi connectivity index (χ1n) is 8.01. The third-order valence-electron chi connectivity index (χ3n) is 4.55. The van der Waals surface area contributed by atoms with Crippen LogP contribution in [0.25, 0.3) is 0 Å². The van der Waals surface area contributed by atoms with Crippen LogP contribution in [-0.2, 0) is 15.0 Å². The van der Waals surface area contributed by atoms with Gasteiger partial charge >= 0.3 is 0 Å². The predicted octanol–water partition coefficient (Wildman–Crippen LogP) is 3.22. The van der Waals surface area contributed by atoms with E-state index in [1.54, 1.807) is 36.4 Å². The molecule has 0 heterocycles. The summed E-state index contributed by atoms with van der Waals surface area (Å²) in [6.07, 6.45) is 1.12. The van der Waals surface area contributed by atoms with E-state index < -0.39 is 17.3 Å². The summed E-state index contributed by atoms with van der Waals surface area (Å²) in [7, 11) is 1.52. The molecule has 1 saturated carbocycles. The molecule has 0 aromatic heterocycles. The van der Waals surface area contributed by atoms with Crippen molar-refractivity contribution in [3.05, 3.63) is 69.9 Å². The van der Waals surface area contributed by atoms with Crippen molar-refractivity contribution in [2.24, 2.45) is 0 Å². The maximum atomic E-state index is 14.3. The van der Waals surface area contributed by atoms with Crippen LogP contribution in [0.15, 0.2) is 53.0 Å². The summed E-state index contributed by atoms with van der Waals surface area (Å²) in [5.41, 5.74) is 0.158. The second-order valence-corrected chi connectivity index (χ2v) is 7.05. The van der Waals surface area contributed by atoms with Crippen LogP contribution < -0.4 is 10.6 Å². The van der Waals surface area contributed by atoms with Crippen molar-refractivity contribution in [2.45, 2.75) is 24.3 Å². The second kappa shape index (κ2) is 6.96. The number of amides is 2. The Morgan fingerprint density at radius 3 is 2.40 bits per heavy atom. The van der Waals surface area contributed by atoms with Crippen molar-refractivity contribution < 1.29 is 14.0 Å². The van der Waals surface area contributed by atoms with Crippen molar-refractivity contribution in [1.29, 1.82) is 0 Å². The fraction of sp³-hybridized carbons (Fsp3) is 0.263. The van der Waals surface area contributed by atoms with Crippen LogP contribution in [0.4, 0.5) is 4.39 Å². The van der Waals surface area contributed by atoms with Gasteiger partial charge in [-0.15, -0.1) is 0 Å². The minimum Gasteiger partial charge on any atom is -0.357 e. The SMILES string of the molecule is CNC(=O)C(NC(=O)C1(c2ccc(Br)cc2F)CC1)c1ccccc1. The van der Waals surface area contributed by atoms with Gasteiger partial charge in [-0.2, -0.15) is 0 Å². The minimum absolute atomic E-state index is 0.313. The lowest BCUT2D eigenvalue weighted by Crippen LogP contribution is -2.43. The van der Waals surface area contributed by atoms with Crippen molar-refractivity contribution in [2.75, 3.05) is 7.05 Å². The number of likely N-dealkylation sites (N-methyl/N-ethyl adjacent to an activating group) is 1. The molecule has 6 heteroatoms. The fourth-order valence-electron chi connectivity index (χ4n) is 2.98. The molecule has 2 aromatic rings. The summed E-state index contributed by atoms with van der Waals surface area (Å²) < 4.78 is 15.0. The fourth-order valence-corrected chi connectivity index (χ4v) is 3.31. The van der Waals surface area contributed by atoms with E-state index in [0.717, 1.165) is 0 Å². The van der Waals surface area contributed by atoms with Gasteiger partial charge in [0.25, 0.3) is 0 Å². The minimum atomic E-state index is -0.897. The van der Waals surface area contributed by atoms with E-state index in [1.807, 2.05) is 6.07 Å². The molecule has 1 atom stereocenters. The van der Waals surface area contributed by atoms with Crippen LogP contribution in [0.1, 0.15) is 30.0 Å². The molecule has 1 unspecified atom stereocenters. The first-order chi connectivity index (χ1) is 12.0. The largest absolute Gasteiger partial charge is 0.357 e. The van der Waals surface area contributed by atoms with Crippen molar-refractivity contribution >= 4 is 27.7 Å². The highest BCUT2D eigenvalue weighted by atomic mass is 79.9. The highest BCUT2D eigenvalue weighted by Gasteiger charge is 2.53. The van der Waals surface area contributed by atoms with Gasteiger partial charge in [0.15, 0.2) is 0 Å². The molecule has 2 N–H and O–H groups in total. The third kappa shape index (κ3) is 3.44. The van der Waals surface area contributed by atoms with Gasteiger partial charge in [0.05, 0.1) is 5.41 Å². The van der Waals surface area contributed by atoms with Crippen molar-refractivity contribution in [3.63, 3.8) is 0 Å². The highest BCUT2D eigenvalue weighted by Crippen LogP contribution is 2.49. The third-order valence-corrected chi connectivity index (χ3v) is 5.04. The molecule has 1 fully saturated rings. The molecule has 25 heavy (non-hydrogen) atoms. The lowest BCUT2D eigenvalue weighted by molar-refractivity contribution is -0.130. The highest BCUT2D eigenvalue weighted by molar-refractivity contribution is 9.10. The van der Waals surface area contributed by atoms with Gasteiger partial charge in [0.2, 0.25) is 11.8 Å². The van der Waals surface area contributed by atoms with Gasteiger partial charge in [-0.25, -0.2) is 4.39 Å². The molecule has 4 nitrogen and oxygen atoms in total. The zero-order valence-corrected chi connectivity index (χ0v) is 15.3. The number of hydrogen-bond donors (Lipinski definition) is 2. The monoisotopic (exact) mass is 404 g/mol. The molecular weight excluding hydrogens is 387 g/mol. The van der Waals surface area contributed by atoms with Crippen LogP contribution in [-0.4, -0.2) is 18.9 Å². The predicted molar refractivity (Wildman–Crippen MR) is 96.4 cm³/mol. The first kappa shape index (κ1) is 17.6. The van der Waals surface area contributed by atoms with Gasteiger partial charge in [0, 0.05) is 17.1 Å². The van der Waals surface area contributed by atoms with E-state index in [2.05, 4.69) is 26.6 Å². The zero-order valence-electron chi connectivity index (χ0n) is 13.7. The van der Waals surface area contributed by atoms with Gasteiger partial charge in [0.1, 0.15) is 11.9 Å². The molecule has 0 bridgehead atoms. The van der Waals surface area contributed by atoms with E-state index >= 15 is 0 Å². The number of hydrogen-bond acceptors (Lipinski definition) is 2. The molecule has 1 aliphatic carbocycles. The van der Waals surface area contributed by atoms with Crippen LogP contribution in [0.5, 0.6) is 0 Å². The molecule has 0 radical (unpaired) electrons. The normalized spacial score (nSPS) is 16.0. The summed E-state index contributed by atoms with van der Waals surface area (Å²) in [5, 5.41) is 5.36. The number of nitrogens with one attached hydrogen (secondary N) is 2. The molecule has 3 rings (SSSR count). The summed E-state index contributed by atoms with van der Waals surface area (Å²) in [5.74, 6) is -1.06. The number of halogens is 2. The first-order valence-corrected chi connectivity index (χ1v) is 8.80. The van der Waals surface area contributed by atoms with E-state index in [1.165, 1.54) is 13.1 Å². The van der Waals surface area contributed by atoms with Gasteiger partial charge in [-0.3, -0.25) is 9.59 Å². The van der Waals surface area contributed by atoms with Crippen molar-refractivity contribution in [1.82, 2.24) is 10.6 Å². The Bertz CT molecular complexity index is 806. The van der Waals surface area contributed by atoms with Crippen LogP contribution in [0.2, 0.25) is 0 Å². The smallest absolute Gasteiger partial charge is 0.246 e. The van der Waals surface area contributed by atoms with E-state index in [-0.39, 0.29) is 11.8 Å². The summed E-state index contributed by atoms with van der Waals surface area (Å²) >= 11 is 3.23. The Morgan fingerprint density at radius 1 is 1.16 bits per heavy atom. The molecule has 130 valence electrons. The molecule has 0 aliphatic heterocycles. The van der Waals surface area contributed by atoms with Gasteiger partial charge < -0.3 is 10.6 Å². The Balaban J connectivity index is 1.88. The zero-order chi connectivity index (χ0) is 18.0. The van der Waals surface area contributed by atoms with E-state index in [9.17, 15) is 14.0 Å². The van der Waals surface area contributed by atoms with Crippen LogP contribution >= 0.6 is 15.9 Å².